The van der Waals surface area contributed by atoms with Crippen LogP contribution in [0.2, 0.25) is 10.0 Å². The molecule has 6 nitrogen and oxygen atoms in total. The number of carboxylic acids is 1. The summed E-state index contributed by atoms with van der Waals surface area (Å²) in [5.41, 5.74) is 1.73. The highest BCUT2D eigenvalue weighted by atomic mass is 35.5. The molecule has 0 radical (unpaired) electrons. The number of halogens is 2. The average molecular weight is 476 g/mol. The number of aromatic nitrogens is 1. The molecule has 3 aromatic rings. The van der Waals surface area contributed by atoms with Gasteiger partial charge in [0.25, 0.3) is 0 Å². The van der Waals surface area contributed by atoms with Crippen molar-refractivity contribution in [1.82, 2.24) is 4.98 Å². The lowest BCUT2D eigenvalue weighted by Gasteiger charge is -2.18. The Labute approximate surface area is 193 Å². The number of pyridine rings is 1. The van der Waals surface area contributed by atoms with E-state index in [2.05, 4.69) is 16.4 Å². The Hall–Kier alpha value is -2.79. The fourth-order valence-corrected chi connectivity index (χ4v) is 4.50. The van der Waals surface area contributed by atoms with Crippen LogP contribution in [0, 0.1) is 16.7 Å². The number of thiophene rings is 1. The SMILES string of the molecule is COc1cc(Nc2c(C#N)cnc3cc(C=C(C(=O)O)C(C)(C)C)sc23)c(Cl)cc1Cl. The molecule has 0 aliphatic rings. The summed E-state index contributed by atoms with van der Waals surface area (Å²) in [6.45, 7) is 5.53. The maximum Gasteiger partial charge on any atom is 0.332 e. The quantitative estimate of drug-likeness (QED) is 0.396. The second-order valence-corrected chi connectivity index (χ2v) is 9.62. The number of aliphatic carboxylic acids is 1. The van der Waals surface area contributed by atoms with Crippen LogP contribution in [0.15, 0.2) is 30.0 Å². The highest BCUT2D eigenvalue weighted by Gasteiger charge is 2.24. The van der Waals surface area contributed by atoms with Crippen LogP contribution in [-0.2, 0) is 4.79 Å². The highest BCUT2D eigenvalue weighted by Crippen LogP contribution is 2.40. The third kappa shape index (κ3) is 4.77. The molecule has 31 heavy (non-hydrogen) atoms. The number of hydrogen-bond donors (Lipinski definition) is 2. The van der Waals surface area contributed by atoms with Gasteiger partial charge in [0, 0.05) is 22.7 Å². The molecule has 2 N–H and O–H groups in total. The Bertz CT molecular complexity index is 1250. The average Bonchev–Trinajstić information content (AvgIpc) is 3.10. The van der Waals surface area contributed by atoms with Crippen molar-refractivity contribution in [1.29, 1.82) is 5.26 Å². The number of nitriles is 1. The standard InChI is InChI=1S/C22H19Cl2N3O3S/c1-22(2,3)13(21(28)29)5-12-6-17-20(31-12)19(11(9-25)10-26-17)27-16-8-18(30-4)15(24)7-14(16)23/h5-8,10H,1-4H3,(H,26,27)(H,28,29). The van der Waals surface area contributed by atoms with Gasteiger partial charge in [-0.15, -0.1) is 11.3 Å². The summed E-state index contributed by atoms with van der Waals surface area (Å²) >= 11 is 13.8. The van der Waals surface area contributed by atoms with Crippen molar-refractivity contribution in [3.63, 3.8) is 0 Å². The predicted molar refractivity (Wildman–Crippen MR) is 126 cm³/mol. The lowest BCUT2D eigenvalue weighted by atomic mass is 9.86. The normalized spacial score (nSPS) is 12.0. The van der Waals surface area contributed by atoms with E-state index in [1.54, 1.807) is 24.3 Å². The lowest BCUT2D eigenvalue weighted by Crippen LogP contribution is -2.17. The molecule has 9 heteroatoms. The Kier molecular flexibility index (Phi) is 6.46. The van der Waals surface area contributed by atoms with Crippen LogP contribution in [-0.4, -0.2) is 23.2 Å². The van der Waals surface area contributed by atoms with Crippen molar-refractivity contribution in [2.24, 2.45) is 5.41 Å². The zero-order valence-corrected chi connectivity index (χ0v) is 19.5. The fourth-order valence-electron chi connectivity index (χ4n) is 2.93. The number of ether oxygens (including phenoxy) is 1. The monoisotopic (exact) mass is 475 g/mol. The summed E-state index contributed by atoms with van der Waals surface area (Å²) < 4.78 is 5.96. The molecule has 0 amide bonds. The molecule has 160 valence electrons. The topological polar surface area (TPSA) is 95.2 Å². The van der Waals surface area contributed by atoms with E-state index in [4.69, 9.17) is 27.9 Å². The molecular weight excluding hydrogens is 457 g/mol. The molecular formula is C22H19Cl2N3O3S. The van der Waals surface area contributed by atoms with E-state index in [1.807, 2.05) is 20.8 Å². The van der Waals surface area contributed by atoms with Gasteiger partial charge in [0.1, 0.15) is 11.8 Å². The van der Waals surface area contributed by atoms with Crippen molar-refractivity contribution >= 4 is 68.2 Å². The molecule has 2 heterocycles. The first-order valence-corrected chi connectivity index (χ1v) is 10.7. The van der Waals surface area contributed by atoms with Gasteiger partial charge in [0.2, 0.25) is 0 Å². The number of fused-ring (bicyclic) bond motifs is 1. The Balaban J connectivity index is 2.17. The molecule has 0 aliphatic carbocycles. The van der Waals surface area contributed by atoms with E-state index < -0.39 is 11.4 Å². The van der Waals surface area contributed by atoms with Gasteiger partial charge in [-0.3, -0.25) is 4.98 Å². The summed E-state index contributed by atoms with van der Waals surface area (Å²) in [7, 11) is 1.50. The summed E-state index contributed by atoms with van der Waals surface area (Å²) in [6, 6.07) is 7.13. The van der Waals surface area contributed by atoms with Crippen molar-refractivity contribution in [2.45, 2.75) is 20.8 Å². The fraction of sp³-hybridized carbons (Fsp3) is 0.227. The predicted octanol–water partition coefficient (Wildman–Crippen LogP) is 6.74. The Morgan fingerprint density at radius 2 is 2.00 bits per heavy atom. The Morgan fingerprint density at radius 1 is 1.29 bits per heavy atom. The molecule has 0 aliphatic heterocycles. The summed E-state index contributed by atoms with van der Waals surface area (Å²) in [4.78, 5) is 16.8. The van der Waals surface area contributed by atoms with Crippen molar-refractivity contribution in [2.75, 3.05) is 12.4 Å². The molecule has 0 bridgehead atoms. The van der Waals surface area contributed by atoms with Crippen LogP contribution < -0.4 is 10.1 Å². The minimum Gasteiger partial charge on any atom is -0.495 e. The number of hydrogen-bond acceptors (Lipinski definition) is 6. The summed E-state index contributed by atoms with van der Waals surface area (Å²) in [5.74, 6) is -0.544. The minimum atomic E-state index is -0.978. The molecule has 0 spiro atoms. The van der Waals surface area contributed by atoms with Crippen molar-refractivity contribution in [3.8, 4) is 11.8 Å². The lowest BCUT2D eigenvalue weighted by molar-refractivity contribution is -0.133. The van der Waals surface area contributed by atoms with Crippen LogP contribution in [0.3, 0.4) is 0 Å². The largest absolute Gasteiger partial charge is 0.495 e. The van der Waals surface area contributed by atoms with Gasteiger partial charge in [0.15, 0.2) is 0 Å². The van der Waals surface area contributed by atoms with Crippen LogP contribution >= 0.6 is 34.5 Å². The smallest absolute Gasteiger partial charge is 0.332 e. The summed E-state index contributed by atoms with van der Waals surface area (Å²) in [5, 5.41) is 23.1. The van der Waals surface area contributed by atoms with E-state index in [0.29, 0.717) is 47.8 Å². The molecule has 0 atom stereocenters. The van der Waals surface area contributed by atoms with E-state index in [1.165, 1.54) is 24.6 Å². The van der Waals surface area contributed by atoms with Crippen molar-refractivity contribution in [3.05, 3.63) is 50.5 Å². The van der Waals surface area contributed by atoms with Gasteiger partial charge < -0.3 is 15.2 Å². The number of carboxylic acid groups (broad SMARTS) is 1. The van der Waals surface area contributed by atoms with Crippen LogP contribution in [0.25, 0.3) is 16.3 Å². The molecule has 0 unspecified atom stereocenters. The van der Waals surface area contributed by atoms with Gasteiger partial charge in [-0.1, -0.05) is 44.0 Å². The first-order valence-electron chi connectivity index (χ1n) is 9.13. The zero-order chi connectivity index (χ0) is 22.9. The number of benzene rings is 1. The maximum absolute atomic E-state index is 11.7. The van der Waals surface area contributed by atoms with Gasteiger partial charge in [0.05, 0.1) is 44.3 Å². The number of nitrogens with zero attached hydrogens (tertiary/aromatic N) is 2. The van der Waals surface area contributed by atoms with E-state index >= 15 is 0 Å². The number of carbonyl (C=O) groups is 1. The van der Waals surface area contributed by atoms with Crippen molar-refractivity contribution < 1.29 is 14.6 Å². The molecule has 0 fully saturated rings. The van der Waals surface area contributed by atoms with Crippen LogP contribution in [0.5, 0.6) is 5.75 Å². The van der Waals surface area contributed by atoms with Gasteiger partial charge in [-0.05, 0) is 23.6 Å². The van der Waals surface area contributed by atoms with E-state index in [-0.39, 0.29) is 5.57 Å². The molecule has 0 saturated heterocycles. The van der Waals surface area contributed by atoms with Gasteiger partial charge in [-0.2, -0.15) is 5.26 Å². The summed E-state index contributed by atoms with van der Waals surface area (Å²) in [6.07, 6.45) is 3.11. The maximum atomic E-state index is 11.7. The third-order valence-corrected chi connectivity index (χ3v) is 6.20. The first kappa shape index (κ1) is 22.9. The van der Waals surface area contributed by atoms with E-state index in [0.717, 1.165) is 0 Å². The first-order chi connectivity index (χ1) is 14.5. The van der Waals surface area contributed by atoms with Crippen LogP contribution in [0.4, 0.5) is 11.4 Å². The Morgan fingerprint density at radius 3 is 2.58 bits per heavy atom. The number of anilines is 2. The van der Waals surface area contributed by atoms with E-state index in [9.17, 15) is 15.2 Å². The van der Waals surface area contributed by atoms with Gasteiger partial charge in [-0.25, -0.2) is 4.79 Å². The molecule has 0 saturated carbocycles. The molecule has 2 aromatic heterocycles. The van der Waals surface area contributed by atoms with Gasteiger partial charge >= 0.3 is 5.97 Å². The molecule has 3 rings (SSSR count). The zero-order valence-electron chi connectivity index (χ0n) is 17.2. The number of methoxy groups -OCH3 is 1. The third-order valence-electron chi connectivity index (χ3n) is 4.51. The van der Waals surface area contributed by atoms with Crippen LogP contribution in [0.1, 0.15) is 31.2 Å². The molecule has 1 aromatic carbocycles. The minimum absolute atomic E-state index is 0.277. The second-order valence-electron chi connectivity index (χ2n) is 7.73. The highest BCUT2D eigenvalue weighted by molar-refractivity contribution is 7.20. The number of nitrogens with one attached hydrogen (secondary N) is 1. The second kappa shape index (κ2) is 8.75. The number of rotatable bonds is 5.